The van der Waals surface area contributed by atoms with Crippen molar-refractivity contribution in [3.63, 3.8) is 0 Å². The second-order valence-electron chi connectivity index (χ2n) is 4.35. The number of anilines is 1. The Morgan fingerprint density at radius 2 is 2.39 bits per heavy atom. The molecule has 0 aromatic carbocycles. The van der Waals surface area contributed by atoms with E-state index in [9.17, 15) is 14.3 Å². The molecule has 1 saturated heterocycles. The van der Waals surface area contributed by atoms with Crippen LogP contribution in [-0.4, -0.2) is 44.2 Å². The summed E-state index contributed by atoms with van der Waals surface area (Å²) in [5.74, 6) is 0.00839. The van der Waals surface area contributed by atoms with Gasteiger partial charge in [0.05, 0.1) is 6.61 Å². The average Bonchev–Trinajstić information content (AvgIpc) is 2.52. The molecule has 0 radical (unpaired) electrons. The van der Waals surface area contributed by atoms with Crippen LogP contribution in [0.3, 0.4) is 0 Å². The van der Waals surface area contributed by atoms with Crippen LogP contribution in [0.1, 0.15) is 13.2 Å². The maximum atomic E-state index is 14.4. The van der Waals surface area contributed by atoms with E-state index < -0.39 is 36.4 Å². The van der Waals surface area contributed by atoms with E-state index in [1.165, 1.54) is 12.3 Å². The van der Waals surface area contributed by atoms with Crippen molar-refractivity contribution in [2.24, 2.45) is 0 Å². The van der Waals surface area contributed by atoms with Crippen molar-refractivity contribution in [1.82, 2.24) is 9.55 Å². The van der Waals surface area contributed by atoms with Gasteiger partial charge >= 0.3 is 5.69 Å². The lowest BCUT2D eigenvalue weighted by Gasteiger charge is -2.24. The van der Waals surface area contributed by atoms with Gasteiger partial charge in [-0.3, -0.25) is 4.57 Å². The van der Waals surface area contributed by atoms with Gasteiger partial charge in [-0.25, -0.2) is 9.18 Å². The van der Waals surface area contributed by atoms with E-state index >= 15 is 0 Å². The van der Waals surface area contributed by atoms with Crippen molar-refractivity contribution in [3.8, 4) is 0 Å². The van der Waals surface area contributed by atoms with E-state index in [1.54, 1.807) is 0 Å². The molecular formula is C10H14FN3O4. The summed E-state index contributed by atoms with van der Waals surface area (Å²) < 4.78 is 20.4. The van der Waals surface area contributed by atoms with Crippen LogP contribution >= 0.6 is 0 Å². The molecule has 4 atom stereocenters. The van der Waals surface area contributed by atoms with Gasteiger partial charge < -0.3 is 20.7 Å². The van der Waals surface area contributed by atoms with Crippen molar-refractivity contribution in [1.29, 1.82) is 0 Å². The summed E-state index contributed by atoms with van der Waals surface area (Å²) in [5, 5.41) is 18.6. The Labute approximate surface area is 102 Å². The Morgan fingerprint density at radius 3 is 2.89 bits per heavy atom. The SMILES string of the molecule is C[C@]1(F)C(O)[C@H](CO)O[C@@H]1n1ccc(N)nc1=O. The first-order chi connectivity index (χ1) is 8.37. The molecule has 100 valence electrons. The zero-order chi connectivity index (χ0) is 13.5. The van der Waals surface area contributed by atoms with Gasteiger partial charge in [0.2, 0.25) is 0 Å². The minimum atomic E-state index is -2.21. The minimum absolute atomic E-state index is 0.00839. The highest BCUT2D eigenvalue weighted by Crippen LogP contribution is 2.40. The number of nitrogens with zero attached hydrogens (tertiary/aromatic N) is 2. The van der Waals surface area contributed by atoms with E-state index in [-0.39, 0.29) is 5.82 Å². The Kier molecular flexibility index (Phi) is 3.09. The predicted molar refractivity (Wildman–Crippen MR) is 59.4 cm³/mol. The van der Waals surface area contributed by atoms with Gasteiger partial charge in [0.25, 0.3) is 0 Å². The maximum absolute atomic E-state index is 14.4. The van der Waals surface area contributed by atoms with Gasteiger partial charge in [-0.05, 0) is 13.0 Å². The van der Waals surface area contributed by atoms with Crippen LogP contribution in [0.25, 0.3) is 0 Å². The molecule has 7 nitrogen and oxygen atoms in total. The monoisotopic (exact) mass is 259 g/mol. The number of aromatic nitrogens is 2. The average molecular weight is 259 g/mol. The number of hydrogen-bond acceptors (Lipinski definition) is 6. The summed E-state index contributed by atoms with van der Waals surface area (Å²) in [6.07, 6.45) is -2.74. The van der Waals surface area contributed by atoms with Crippen molar-refractivity contribution in [3.05, 3.63) is 22.7 Å². The molecule has 1 aromatic heterocycles. The molecule has 1 fully saturated rings. The molecule has 0 amide bonds. The van der Waals surface area contributed by atoms with E-state index in [0.29, 0.717) is 0 Å². The van der Waals surface area contributed by atoms with Crippen LogP contribution in [0.15, 0.2) is 17.1 Å². The van der Waals surface area contributed by atoms with Gasteiger partial charge in [0, 0.05) is 6.20 Å². The van der Waals surface area contributed by atoms with Crippen LogP contribution in [0.4, 0.5) is 10.2 Å². The van der Waals surface area contributed by atoms with Crippen molar-refractivity contribution < 1.29 is 19.3 Å². The summed E-state index contributed by atoms with van der Waals surface area (Å²) in [7, 11) is 0. The molecule has 8 heteroatoms. The number of aliphatic hydroxyl groups excluding tert-OH is 2. The molecule has 18 heavy (non-hydrogen) atoms. The summed E-state index contributed by atoms with van der Waals surface area (Å²) >= 11 is 0. The Bertz CT molecular complexity index is 504. The fraction of sp³-hybridized carbons (Fsp3) is 0.600. The molecule has 2 rings (SSSR count). The third-order valence-corrected chi connectivity index (χ3v) is 3.00. The number of ether oxygens (including phenoxy) is 1. The number of nitrogen functional groups attached to an aromatic ring is 1. The van der Waals surface area contributed by atoms with E-state index in [2.05, 4.69) is 4.98 Å². The smallest absolute Gasteiger partial charge is 0.351 e. The fourth-order valence-corrected chi connectivity index (χ4v) is 1.97. The quantitative estimate of drug-likeness (QED) is 0.615. The van der Waals surface area contributed by atoms with Gasteiger partial charge in [-0.15, -0.1) is 0 Å². The van der Waals surface area contributed by atoms with Crippen LogP contribution in [-0.2, 0) is 4.74 Å². The third kappa shape index (κ3) is 1.88. The maximum Gasteiger partial charge on any atom is 0.351 e. The molecule has 1 aromatic rings. The van der Waals surface area contributed by atoms with Crippen LogP contribution in [0.2, 0.25) is 0 Å². The van der Waals surface area contributed by atoms with E-state index in [1.807, 2.05) is 0 Å². The largest absolute Gasteiger partial charge is 0.394 e. The van der Waals surface area contributed by atoms with Gasteiger partial charge in [-0.1, -0.05) is 0 Å². The summed E-state index contributed by atoms with van der Waals surface area (Å²) in [6, 6.07) is 1.32. The molecular weight excluding hydrogens is 245 g/mol. The second kappa shape index (κ2) is 4.30. The Balaban J connectivity index is 2.42. The molecule has 1 unspecified atom stereocenters. The molecule has 0 spiro atoms. The molecule has 1 aliphatic rings. The fourth-order valence-electron chi connectivity index (χ4n) is 1.97. The number of halogens is 1. The first-order valence-electron chi connectivity index (χ1n) is 5.36. The zero-order valence-electron chi connectivity index (χ0n) is 9.65. The van der Waals surface area contributed by atoms with Crippen molar-refractivity contribution in [2.75, 3.05) is 12.3 Å². The molecule has 1 aliphatic heterocycles. The highest BCUT2D eigenvalue weighted by molar-refractivity contribution is 5.23. The minimum Gasteiger partial charge on any atom is -0.394 e. The number of nitrogens with two attached hydrogens (primary N) is 1. The van der Waals surface area contributed by atoms with Crippen LogP contribution in [0.5, 0.6) is 0 Å². The third-order valence-electron chi connectivity index (χ3n) is 3.00. The first-order valence-corrected chi connectivity index (χ1v) is 5.36. The molecule has 0 saturated carbocycles. The molecule has 4 N–H and O–H groups in total. The Morgan fingerprint density at radius 1 is 1.72 bits per heavy atom. The number of aliphatic hydroxyl groups is 2. The molecule has 0 bridgehead atoms. The first kappa shape index (κ1) is 12.9. The zero-order valence-corrected chi connectivity index (χ0v) is 9.65. The summed E-state index contributed by atoms with van der Waals surface area (Å²) in [6.45, 7) is 0.551. The Hall–Kier alpha value is -1.51. The lowest BCUT2D eigenvalue weighted by Crippen LogP contribution is -2.42. The topological polar surface area (TPSA) is 111 Å². The highest BCUT2D eigenvalue weighted by Gasteiger charge is 2.55. The molecule has 2 heterocycles. The van der Waals surface area contributed by atoms with Crippen LogP contribution < -0.4 is 11.4 Å². The number of alkyl halides is 1. The summed E-state index contributed by atoms with van der Waals surface area (Å²) in [5.41, 5.74) is 2.33. The molecule has 0 aliphatic carbocycles. The highest BCUT2D eigenvalue weighted by atomic mass is 19.1. The number of hydrogen-bond donors (Lipinski definition) is 3. The van der Waals surface area contributed by atoms with Gasteiger partial charge in [-0.2, -0.15) is 4.98 Å². The lowest BCUT2D eigenvalue weighted by molar-refractivity contribution is -0.0610. The van der Waals surface area contributed by atoms with Crippen molar-refractivity contribution >= 4 is 5.82 Å². The standard InChI is InChI=1S/C10H14FN3O4/c1-10(11)7(16)5(4-15)18-8(10)14-3-2-6(12)13-9(14)17/h2-3,5,7-8,15-16H,4H2,1H3,(H2,12,13,17)/t5-,7?,8-,10-/m0/s1. The van der Waals surface area contributed by atoms with Gasteiger partial charge in [0.1, 0.15) is 18.0 Å². The van der Waals surface area contributed by atoms with E-state index in [0.717, 1.165) is 11.5 Å². The van der Waals surface area contributed by atoms with E-state index in [4.69, 9.17) is 15.6 Å². The second-order valence-corrected chi connectivity index (χ2v) is 4.35. The van der Waals surface area contributed by atoms with Crippen molar-refractivity contribution in [2.45, 2.75) is 31.0 Å². The lowest BCUT2D eigenvalue weighted by atomic mass is 9.98. The predicted octanol–water partition coefficient (Wildman–Crippen LogP) is -1.20. The van der Waals surface area contributed by atoms with Gasteiger partial charge in [0.15, 0.2) is 11.9 Å². The normalized spacial score (nSPS) is 35.9. The summed E-state index contributed by atoms with van der Waals surface area (Å²) in [4.78, 5) is 15.1. The van der Waals surface area contributed by atoms with Crippen LogP contribution in [0, 0.1) is 0 Å². The number of rotatable bonds is 2.